The van der Waals surface area contributed by atoms with Crippen LogP contribution in [-0.2, 0) is 36.5 Å². The van der Waals surface area contributed by atoms with E-state index in [2.05, 4.69) is 154 Å². The molecule has 0 saturated heterocycles. The van der Waals surface area contributed by atoms with Crippen LogP contribution in [0.25, 0.3) is 33.2 Å². The monoisotopic (exact) mass is 718 g/mol. The van der Waals surface area contributed by atoms with Gasteiger partial charge in [0.15, 0.2) is 0 Å². The Labute approximate surface area is 322 Å². The van der Waals surface area contributed by atoms with E-state index in [0.29, 0.717) is 0 Å². The first-order valence-electron chi connectivity index (χ1n) is 20.7. The van der Waals surface area contributed by atoms with Gasteiger partial charge in [-0.3, -0.25) is 0 Å². The molecule has 1 unspecified atom stereocenters. The Bertz CT molecular complexity index is 2750. The quantitative estimate of drug-likeness (QED) is 0.162. The summed E-state index contributed by atoms with van der Waals surface area (Å²) < 4.78 is 5.25. The van der Waals surface area contributed by atoms with Crippen molar-refractivity contribution in [3.8, 4) is 11.4 Å². The second-order valence-electron chi connectivity index (χ2n) is 18.8. The summed E-state index contributed by atoms with van der Waals surface area (Å²) >= 11 is 0. The zero-order valence-electron chi connectivity index (χ0n) is 33.2. The minimum Gasteiger partial charge on any atom is -0.313 e. The van der Waals surface area contributed by atoms with Crippen LogP contribution in [0, 0.1) is 0 Å². The number of hydrogen-bond donors (Lipinski definition) is 0. The molecular weight excluding hydrogens is 667 g/mol. The second-order valence-corrected chi connectivity index (χ2v) is 23.2. The third kappa shape index (κ3) is 4.19. The van der Waals surface area contributed by atoms with E-state index in [4.69, 9.17) is 0 Å². The van der Waals surface area contributed by atoms with E-state index in [0.717, 1.165) is 12.8 Å². The van der Waals surface area contributed by atoms with Gasteiger partial charge in [0, 0.05) is 39.0 Å². The summed E-state index contributed by atoms with van der Waals surface area (Å²) in [4.78, 5) is 0. The molecule has 0 bridgehead atoms. The summed E-state index contributed by atoms with van der Waals surface area (Å²) in [5.74, 6) is 0. The van der Waals surface area contributed by atoms with Gasteiger partial charge in [-0.2, -0.15) is 0 Å². The fourth-order valence-electron chi connectivity index (χ4n) is 11.7. The summed E-state index contributed by atoms with van der Waals surface area (Å²) in [5, 5.41) is 6.21. The van der Waals surface area contributed by atoms with Gasteiger partial charge < -0.3 is 9.13 Å². The molecule has 2 nitrogen and oxygen atoms in total. The van der Waals surface area contributed by atoms with Crippen molar-refractivity contribution in [2.24, 2.45) is 0 Å². The molecule has 0 saturated carbocycles. The third-order valence-electron chi connectivity index (χ3n) is 14.6. The molecule has 2 aliphatic heterocycles. The van der Waals surface area contributed by atoms with Crippen LogP contribution in [-0.4, -0.2) is 23.9 Å². The number of aryl methyl sites for hydroxylation is 2. The van der Waals surface area contributed by atoms with Crippen LogP contribution in [0.3, 0.4) is 0 Å². The Morgan fingerprint density at radius 3 is 1.81 bits per heavy atom. The summed E-state index contributed by atoms with van der Waals surface area (Å²) in [6.45, 7) is 17.7. The van der Waals surface area contributed by atoms with Gasteiger partial charge in [0.25, 0.3) is 0 Å². The predicted molar refractivity (Wildman–Crippen MR) is 234 cm³/mol. The standard InChI is InChI=1S/C50H51BN2Si/c1-8-54(7)46-30-33(53-43-20-12-10-16-35(43)37-18-14-22-45(37)53)24-26-41(46)51-40-25-23-32(52-42-19-11-9-15-34(42)36-17-13-21-44(36)52)29-38(40)50(5,6)39-27-31(49(2,3)4)28-47(54)48(39)51/h9-12,15-16,19-20,23-30H,8,13-14,17-18,21-22H2,1-7H3. The molecule has 7 aromatic rings. The molecule has 5 aromatic carbocycles. The van der Waals surface area contributed by atoms with Crippen LogP contribution >= 0.6 is 0 Å². The van der Waals surface area contributed by atoms with Crippen molar-refractivity contribution in [3.63, 3.8) is 0 Å². The number of para-hydroxylation sites is 2. The molecule has 0 radical (unpaired) electrons. The summed E-state index contributed by atoms with van der Waals surface area (Å²) in [6, 6.07) is 40.1. The Balaban J connectivity index is 1.19. The van der Waals surface area contributed by atoms with Gasteiger partial charge in [-0.15, -0.1) is 0 Å². The maximum atomic E-state index is 2.69. The Hall–Kier alpha value is -4.54. The summed E-state index contributed by atoms with van der Waals surface area (Å²) in [7, 11) is -2.15. The average Bonchev–Trinajstić information content (AvgIpc) is 3.96. The van der Waals surface area contributed by atoms with Crippen LogP contribution in [0.5, 0.6) is 0 Å². The zero-order valence-corrected chi connectivity index (χ0v) is 34.2. The van der Waals surface area contributed by atoms with Crippen molar-refractivity contribution in [3.05, 3.63) is 136 Å². The van der Waals surface area contributed by atoms with E-state index in [1.165, 1.54) is 92.9 Å². The van der Waals surface area contributed by atoms with E-state index in [1.807, 2.05) is 0 Å². The van der Waals surface area contributed by atoms with Crippen LogP contribution < -0.4 is 26.8 Å². The highest BCUT2D eigenvalue weighted by atomic mass is 28.3. The smallest absolute Gasteiger partial charge is 0.241 e. The highest BCUT2D eigenvalue weighted by Crippen LogP contribution is 2.41. The number of benzene rings is 5. The van der Waals surface area contributed by atoms with Gasteiger partial charge in [0.2, 0.25) is 6.71 Å². The lowest BCUT2D eigenvalue weighted by molar-refractivity contribution is 0.583. The number of hydrogen-bond acceptors (Lipinski definition) is 0. The van der Waals surface area contributed by atoms with Gasteiger partial charge in [-0.1, -0.05) is 142 Å². The fraction of sp³-hybridized carbons (Fsp3) is 0.320. The molecule has 0 fully saturated rings. The summed E-state index contributed by atoms with van der Waals surface area (Å²) in [5.41, 5.74) is 20.7. The number of rotatable bonds is 3. The molecule has 0 N–H and O–H groups in total. The minimum atomic E-state index is -2.15. The van der Waals surface area contributed by atoms with Crippen molar-refractivity contribution in [2.75, 3.05) is 0 Å². The Kier molecular flexibility index (Phi) is 6.71. The van der Waals surface area contributed by atoms with Crippen molar-refractivity contribution < 1.29 is 0 Å². The van der Waals surface area contributed by atoms with Crippen LogP contribution in [0.2, 0.25) is 12.6 Å². The fourth-order valence-corrected chi connectivity index (χ4v) is 15.4. The molecule has 54 heavy (non-hydrogen) atoms. The van der Waals surface area contributed by atoms with Crippen LogP contribution in [0.15, 0.2) is 97.1 Å². The molecule has 4 heterocycles. The van der Waals surface area contributed by atoms with E-state index in [9.17, 15) is 0 Å². The predicted octanol–water partition coefficient (Wildman–Crippen LogP) is 8.53. The number of aromatic nitrogens is 2. The van der Waals surface area contributed by atoms with E-state index in [-0.39, 0.29) is 17.5 Å². The SMILES string of the molecule is CC[Si]1(C)c2cc(-n3c4c(c5ccccc53)CCC4)ccc2B2c3ccc(-n4c5c(c6ccccc64)CCC5)cc3C(C)(C)c3cc(C(C)(C)C)cc1c32. The van der Waals surface area contributed by atoms with Gasteiger partial charge >= 0.3 is 0 Å². The van der Waals surface area contributed by atoms with Gasteiger partial charge in [0.05, 0.1) is 11.0 Å². The summed E-state index contributed by atoms with van der Waals surface area (Å²) in [6.07, 6.45) is 7.21. The Morgan fingerprint density at radius 2 is 1.22 bits per heavy atom. The molecule has 1 atom stereocenters. The maximum absolute atomic E-state index is 2.69. The largest absolute Gasteiger partial charge is 0.313 e. The van der Waals surface area contributed by atoms with Crippen LogP contribution in [0.1, 0.15) is 93.6 Å². The lowest BCUT2D eigenvalue weighted by Gasteiger charge is -2.48. The molecule has 268 valence electrons. The zero-order chi connectivity index (χ0) is 36.9. The van der Waals surface area contributed by atoms with Crippen molar-refractivity contribution >= 4 is 63.4 Å². The second kappa shape index (κ2) is 11.0. The van der Waals surface area contributed by atoms with Crippen molar-refractivity contribution in [1.29, 1.82) is 0 Å². The molecule has 4 heteroatoms. The molecule has 0 amide bonds. The Morgan fingerprint density at radius 1 is 0.648 bits per heavy atom. The highest BCUT2D eigenvalue weighted by Gasteiger charge is 2.50. The van der Waals surface area contributed by atoms with Crippen LogP contribution in [0.4, 0.5) is 0 Å². The molecule has 2 aromatic heterocycles. The lowest BCUT2D eigenvalue weighted by atomic mass is 9.31. The average molecular weight is 719 g/mol. The highest BCUT2D eigenvalue weighted by molar-refractivity contribution is 7.14. The number of fused-ring (bicyclic) bond motifs is 10. The maximum Gasteiger partial charge on any atom is 0.241 e. The van der Waals surface area contributed by atoms with Crippen molar-refractivity contribution in [1.82, 2.24) is 9.13 Å². The van der Waals surface area contributed by atoms with E-state index in [1.54, 1.807) is 38.0 Å². The normalized spacial score (nSPS) is 19.2. The lowest BCUT2D eigenvalue weighted by Crippen LogP contribution is -2.80. The molecular formula is C50H51BN2Si. The minimum absolute atomic E-state index is 0.0552. The first-order chi connectivity index (χ1) is 26.0. The van der Waals surface area contributed by atoms with Crippen molar-refractivity contribution in [2.45, 2.75) is 103 Å². The van der Waals surface area contributed by atoms with Gasteiger partial charge in [-0.25, -0.2) is 0 Å². The number of nitrogens with zero attached hydrogens (tertiary/aromatic N) is 2. The molecule has 11 rings (SSSR count). The molecule has 4 aliphatic rings. The first kappa shape index (κ1) is 32.9. The van der Waals surface area contributed by atoms with E-state index < -0.39 is 8.07 Å². The van der Waals surface area contributed by atoms with Gasteiger partial charge in [-0.05, 0) is 108 Å². The molecule has 2 aliphatic carbocycles. The third-order valence-corrected chi connectivity index (χ3v) is 19.3. The first-order valence-corrected chi connectivity index (χ1v) is 23.4. The molecule has 0 spiro atoms. The van der Waals surface area contributed by atoms with E-state index >= 15 is 0 Å². The topological polar surface area (TPSA) is 9.86 Å². The van der Waals surface area contributed by atoms with Gasteiger partial charge in [0.1, 0.15) is 8.07 Å².